The highest BCUT2D eigenvalue weighted by Crippen LogP contribution is 2.26. The van der Waals surface area contributed by atoms with Crippen LogP contribution in [0, 0.1) is 0 Å². The molecule has 0 bridgehead atoms. The molecule has 2 aromatic rings. The van der Waals surface area contributed by atoms with Gasteiger partial charge in [-0.25, -0.2) is 0 Å². The number of rotatable bonds is 6. The first-order chi connectivity index (χ1) is 11.0. The second-order valence-corrected chi connectivity index (χ2v) is 5.65. The van der Waals surface area contributed by atoms with Gasteiger partial charge in [-0.05, 0) is 36.8 Å². The molecule has 0 unspecified atom stereocenters. The maximum Gasteiger partial charge on any atom is 0.265 e. The molecule has 122 valence electrons. The normalized spacial score (nSPS) is 11.7. The summed E-state index contributed by atoms with van der Waals surface area (Å²) < 4.78 is 10.9. The Bertz CT molecular complexity index is 691. The van der Waals surface area contributed by atoms with Gasteiger partial charge in [0.2, 0.25) is 0 Å². The molecule has 0 heterocycles. The molecule has 0 aliphatic carbocycles. The lowest BCUT2D eigenvalue weighted by atomic mass is 10.2. The number of anilines is 1. The smallest absolute Gasteiger partial charge is 0.265 e. The van der Waals surface area contributed by atoms with Crippen molar-refractivity contribution in [3.05, 3.63) is 52.5 Å². The van der Waals surface area contributed by atoms with E-state index in [2.05, 4.69) is 5.32 Å². The highest BCUT2D eigenvalue weighted by atomic mass is 35.5. The van der Waals surface area contributed by atoms with Crippen LogP contribution in [-0.4, -0.2) is 19.1 Å². The zero-order valence-electron chi connectivity index (χ0n) is 12.8. The fourth-order valence-corrected chi connectivity index (χ4v) is 2.30. The first kappa shape index (κ1) is 17.4. The third-order valence-electron chi connectivity index (χ3n) is 3.17. The summed E-state index contributed by atoms with van der Waals surface area (Å²) in [6.07, 6.45) is -0.154. The quantitative estimate of drug-likeness (QED) is 0.811. The van der Waals surface area contributed by atoms with Gasteiger partial charge in [-0.1, -0.05) is 36.2 Å². The first-order valence-corrected chi connectivity index (χ1v) is 7.85. The molecule has 0 saturated heterocycles. The Morgan fingerprint density at radius 2 is 1.91 bits per heavy atom. The van der Waals surface area contributed by atoms with E-state index in [0.717, 1.165) is 0 Å². The van der Waals surface area contributed by atoms with Gasteiger partial charge in [-0.3, -0.25) is 4.79 Å². The van der Waals surface area contributed by atoms with Gasteiger partial charge in [0.25, 0.3) is 5.91 Å². The Hall–Kier alpha value is -1.91. The van der Waals surface area contributed by atoms with Gasteiger partial charge >= 0.3 is 0 Å². The lowest BCUT2D eigenvalue weighted by Crippen LogP contribution is -2.32. The molecule has 0 radical (unpaired) electrons. The summed E-state index contributed by atoms with van der Waals surface area (Å²) in [5.41, 5.74) is 0.455. The van der Waals surface area contributed by atoms with Crippen LogP contribution in [-0.2, 0) is 4.79 Å². The zero-order chi connectivity index (χ0) is 16.8. The van der Waals surface area contributed by atoms with Gasteiger partial charge in [0.1, 0.15) is 11.5 Å². The van der Waals surface area contributed by atoms with E-state index in [0.29, 0.717) is 33.7 Å². The molecule has 2 aromatic carbocycles. The lowest BCUT2D eigenvalue weighted by Gasteiger charge is -2.18. The van der Waals surface area contributed by atoms with Crippen molar-refractivity contribution in [2.45, 2.75) is 19.4 Å². The molecule has 1 amide bonds. The number of amides is 1. The second-order valence-electron chi connectivity index (χ2n) is 4.81. The van der Waals surface area contributed by atoms with Crippen molar-refractivity contribution in [2.24, 2.45) is 0 Å². The fourth-order valence-electron chi connectivity index (χ4n) is 1.97. The Kier molecular flexibility index (Phi) is 6.13. The van der Waals surface area contributed by atoms with E-state index in [1.165, 1.54) is 0 Å². The van der Waals surface area contributed by atoms with E-state index in [4.69, 9.17) is 32.7 Å². The maximum atomic E-state index is 12.4. The van der Waals surface area contributed by atoms with Crippen LogP contribution in [0.5, 0.6) is 11.5 Å². The van der Waals surface area contributed by atoms with Crippen molar-refractivity contribution < 1.29 is 14.3 Å². The number of carbonyl (C=O) groups is 1. The minimum absolute atomic E-state index is 0.292. The van der Waals surface area contributed by atoms with Gasteiger partial charge < -0.3 is 14.8 Å². The number of carbonyl (C=O) groups excluding carboxylic acids is 1. The molecular formula is C17H17Cl2NO3. The highest BCUT2D eigenvalue weighted by molar-refractivity contribution is 6.35. The van der Waals surface area contributed by atoms with Crippen molar-refractivity contribution >= 4 is 34.8 Å². The average Bonchev–Trinajstić information content (AvgIpc) is 2.56. The topological polar surface area (TPSA) is 47.6 Å². The number of ether oxygens (including phenoxy) is 2. The molecule has 0 saturated carbocycles. The van der Waals surface area contributed by atoms with Gasteiger partial charge in [0.15, 0.2) is 6.10 Å². The molecule has 0 aliphatic heterocycles. The monoisotopic (exact) mass is 353 g/mol. The van der Waals surface area contributed by atoms with Gasteiger partial charge in [0.05, 0.1) is 17.8 Å². The van der Waals surface area contributed by atoms with Crippen LogP contribution >= 0.6 is 23.2 Å². The summed E-state index contributed by atoms with van der Waals surface area (Å²) in [4.78, 5) is 12.4. The van der Waals surface area contributed by atoms with Crippen LogP contribution in [0.1, 0.15) is 13.3 Å². The summed E-state index contributed by atoms with van der Waals surface area (Å²) in [6, 6.07) is 12.0. The van der Waals surface area contributed by atoms with Gasteiger partial charge in [-0.2, -0.15) is 0 Å². The number of methoxy groups -OCH3 is 1. The molecule has 0 aliphatic rings. The Labute approximate surface area is 145 Å². The van der Waals surface area contributed by atoms with Crippen LogP contribution in [0.25, 0.3) is 0 Å². The minimum Gasteiger partial charge on any atom is -0.497 e. The third kappa shape index (κ3) is 4.78. The van der Waals surface area contributed by atoms with E-state index in [-0.39, 0.29) is 5.91 Å². The van der Waals surface area contributed by atoms with Crippen LogP contribution in [0.4, 0.5) is 5.69 Å². The Morgan fingerprint density at radius 3 is 2.61 bits per heavy atom. The molecule has 23 heavy (non-hydrogen) atoms. The predicted octanol–water partition coefficient (Wildman–Crippen LogP) is 4.80. The molecule has 0 spiro atoms. The summed E-state index contributed by atoms with van der Waals surface area (Å²) in [5, 5.41) is 3.65. The SMILES string of the molecule is CC[C@H](Oc1cccc(OC)c1)C(=O)Nc1cc(Cl)ccc1Cl. The van der Waals surface area contributed by atoms with Crippen molar-refractivity contribution in [3.8, 4) is 11.5 Å². The van der Waals surface area contributed by atoms with E-state index in [1.54, 1.807) is 49.6 Å². The maximum absolute atomic E-state index is 12.4. The standard InChI is InChI=1S/C17H17Cl2NO3/c1-3-16(23-13-6-4-5-12(10-13)22-2)17(21)20-15-9-11(18)7-8-14(15)19/h4-10,16H,3H2,1-2H3,(H,20,21)/t16-/m0/s1. The zero-order valence-corrected chi connectivity index (χ0v) is 14.3. The Morgan fingerprint density at radius 1 is 1.17 bits per heavy atom. The van der Waals surface area contributed by atoms with Crippen LogP contribution in [0.15, 0.2) is 42.5 Å². The summed E-state index contributed by atoms with van der Waals surface area (Å²) in [5.74, 6) is 0.929. The van der Waals surface area contributed by atoms with Crippen LogP contribution in [0.3, 0.4) is 0 Å². The van der Waals surface area contributed by atoms with Crippen LogP contribution in [0.2, 0.25) is 10.0 Å². The molecule has 6 heteroatoms. The van der Waals surface area contributed by atoms with Gasteiger partial charge in [-0.15, -0.1) is 0 Å². The van der Waals surface area contributed by atoms with Crippen molar-refractivity contribution in [1.82, 2.24) is 0 Å². The van der Waals surface area contributed by atoms with Crippen molar-refractivity contribution in [1.29, 1.82) is 0 Å². The molecule has 0 aromatic heterocycles. The molecule has 0 fully saturated rings. The molecule has 2 rings (SSSR count). The Balaban J connectivity index is 2.10. The minimum atomic E-state index is -0.655. The first-order valence-electron chi connectivity index (χ1n) is 7.10. The molecule has 1 N–H and O–H groups in total. The lowest BCUT2D eigenvalue weighted by molar-refractivity contribution is -0.122. The average molecular weight is 354 g/mol. The summed E-state index contributed by atoms with van der Waals surface area (Å²) in [7, 11) is 1.57. The van der Waals surface area contributed by atoms with E-state index < -0.39 is 6.10 Å². The molecular weight excluding hydrogens is 337 g/mol. The summed E-state index contributed by atoms with van der Waals surface area (Å²) >= 11 is 12.0. The van der Waals surface area contributed by atoms with E-state index in [1.807, 2.05) is 6.92 Å². The van der Waals surface area contributed by atoms with Crippen LogP contribution < -0.4 is 14.8 Å². The molecule has 1 atom stereocenters. The van der Waals surface area contributed by atoms with E-state index >= 15 is 0 Å². The second kappa shape index (κ2) is 8.09. The van der Waals surface area contributed by atoms with Crippen molar-refractivity contribution in [2.75, 3.05) is 12.4 Å². The number of nitrogens with one attached hydrogen (secondary N) is 1. The summed E-state index contributed by atoms with van der Waals surface area (Å²) in [6.45, 7) is 1.87. The predicted molar refractivity (Wildman–Crippen MR) is 92.8 cm³/mol. The largest absolute Gasteiger partial charge is 0.497 e. The van der Waals surface area contributed by atoms with Crippen molar-refractivity contribution in [3.63, 3.8) is 0 Å². The number of hydrogen-bond acceptors (Lipinski definition) is 3. The number of benzene rings is 2. The number of halogens is 2. The fraction of sp³-hybridized carbons (Fsp3) is 0.235. The number of hydrogen-bond donors (Lipinski definition) is 1. The third-order valence-corrected chi connectivity index (χ3v) is 3.73. The molecule has 4 nitrogen and oxygen atoms in total. The highest BCUT2D eigenvalue weighted by Gasteiger charge is 2.19. The van der Waals surface area contributed by atoms with Gasteiger partial charge in [0, 0.05) is 11.1 Å². The van der Waals surface area contributed by atoms with E-state index in [9.17, 15) is 4.79 Å².